The van der Waals surface area contributed by atoms with Gasteiger partial charge in [-0.25, -0.2) is 4.79 Å². The number of hydrogen-bond donors (Lipinski definition) is 5. The number of aromatic nitrogens is 1. The highest BCUT2D eigenvalue weighted by molar-refractivity contribution is 7.85. The van der Waals surface area contributed by atoms with Gasteiger partial charge in [-0.3, -0.25) is 18.9 Å². The van der Waals surface area contributed by atoms with Crippen molar-refractivity contribution in [2.45, 2.75) is 26.2 Å². The molecule has 1 aromatic heterocycles. The number of aromatic carboxylic acids is 1. The number of nitrogens with one attached hydrogen (secondary N) is 1. The second-order valence-corrected chi connectivity index (χ2v) is 12.9. The van der Waals surface area contributed by atoms with Gasteiger partial charge in [0.2, 0.25) is 5.91 Å². The molecule has 0 radical (unpaired) electrons. The molecule has 0 aliphatic carbocycles. The van der Waals surface area contributed by atoms with Crippen molar-refractivity contribution in [3.8, 4) is 0 Å². The number of fused-ring (bicyclic) bond motifs is 1. The number of nitrogens with two attached hydrogens (primary N) is 1. The van der Waals surface area contributed by atoms with Crippen molar-refractivity contribution in [1.29, 1.82) is 0 Å². The van der Waals surface area contributed by atoms with Gasteiger partial charge in [-0.1, -0.05) is 36.4 Å². The molecule has 3 aromatic carbocycles. The van der Waals surface area contributed by atoms with Crippen molar-refractivity contribution in [3.05, 3.63) is 106 Å². The highest BCUT2D eigenvalue weighted by Gasteiger charge is 2.20. The van der Waals surface area contributed by atoms with Gasteiger partial charge in [0, 0.05) is 30.0 Å². The number of hydrogen-bond acceptors (Lipinski definition) is 8. The third-order valence-corrected chi connectivity index (χ3v) is 6.29. The van der Waals surface area contributed by atoms with Crippen molar-refractivity contribution in [3.63, 3.8) is 0 Å². The molecule has 1 amide bonds. The fourth-order valence-electron chi connectivity index (χ4n) is 4.25. The quantitative estimate of drug-likeness (QED) is 0.182. The Kier molecular flexibility index (Phi) is 12.7. The molecule has 4 rings (SSSR count). The van der Waals surface area contributed by atoms with E-state index in [9.17, 15) is 31.5 Å². The number of rotatable bonds is 7. The van der Waals surface area contributed by atoms with E-state index in [0.29, 0.717) is 30.2 Å². The van der Waals surface area contributed by atoms with Crippen LogP contribution >= 0.6 is 0 Å². The molecule has 6 N–H and O–H groups in total. The van der Waals surface area contributed by atoms with Crippen LogP contribution in [0.1, 0.15) is 44.1 Å². The Bertz CT molecular complexity index is 1800. The molecule has 14 heteroatoms. The van der Waals surface area contributed by atoms with Crippen LogP contribution in [0.15, 0.2) is 73.1 Å². The number of carbonyl (C=O) groups excluding carboxylic acids is 1. The summed E-state index contributed by atoms with van der Waals surface area (Å²) in [5, 5.41) is 14.4. The van der Waals surface area contributed by atoms with Gasteiger partial charge in [-0.05, 0) is 77.7 Å². The van der Waals surface area contributed by atoms with Crippen molar-refractivity contribution < 1.29 is 40.6 Å². The van der Waals surface area contributed by atoms with E-state index < -0.39 is 32.1 Å². The largest absolute Gasteiger partial charge is 0.478 e. The number of pyridine rings is 1. The van der Waals surface area contributed by atoms with Gasteiger partial charge in [0.1, 0.15) is 0 Å². The Labute approximate surface area is 256 Å². The molecular weight excluding hydrogens is 610 g/mol. The van der Waals surface area contributed by atoms with Gasteiger partial charge < -0.3 is 16.2 Å². The van der Waals surface area contributed by atoms with E-state index in [1.54, 1.807) is 18.5 Å². The molecular formula is C30H35N3O9S2. The molecule has 12 nitrogen and oxygen atoms in total. The van der Waals surface area contributed by atoms with E-state index in [2.05, 4.69) is 10.3 Å². The zero-order valence-corrected chi connectivity index (χ0v) is 26.2. The monoisotopic (exact) mass is 645 g/mol. The number of aryl methyl sites for hydroxylation is 1. The van der Waals surface area contributed by atoms with Gasteiger partial charge in [-0.15, -0.1) is 0 Å². The molecule has 4 aromatic rings. The molecule has 0 aliphatic rings. The summed E-state index contributed by atoms with van der Waals surface area (Å²) in [6.07, 6.45) is 5.55. The van der Waals surface area contributed by atoms with Crippen LogP contribution < -0.4 is 11.1 Å². The third kappa shape index (κ3) is 12.2. The lowest BCUT2D eigenvalue weighted by atomic mass is 9.91. The van der Waals surface area contributed by atoms with Crippen LogP contribution in [0.25, 0.3) is 10.8 Å². The van der Waals surface area contributed by atoms with Gasteiger partial charge in [0.15, 0.2) is 0 Å². The van der Waals surface area contributed by atoms with E-state index in [1.807, 2.05) is 68.4 Å². The third-order valence-electron chi connectivity index (χ3n) is 6.29. The number of anilines is 1. The molecule has 0 bridgehead atoms. The first-order valence-electron chi connectivity index (χ1n) is 13.0. The Morgan fingerprint density at radius 2 is 1.48 bits per heavy atom. The topological polar surface area (TPSA) is 214 Å². The van der Waals surface area contributed by atoms with Crippen LogP contribution in [0, 0.1) is 13.8 Å². The summed E-state index contributed by atoms with van der Waals surface area (Å²) < 4.78 is 51.7. The normalized spacial score (nSPS) is 11.8. The average Bonchev–Trinajstić information content (AvgIpc) is 2.90. The molecule has 0 spiro atoms. The fraction of sp³-hybridized carbons (Fsp3) is 0.233. The predicted molar refractivity (Wildman–Crippen MR) is 169 cm³/mol. The molecule has 44 heavy (non-hydrogen) atoms. The summed E-state index contributed by atoms with van der Waals surface area (Å²) in [6.45, 7) is 4.01. The summed E-state index contributed by atoms with van der Waals surface area (Å²) in [6, 6.07) is 18.9. The lowest BCUT2D eigenvalue weighted by Crippen LogP contribution is -2.27. The summed E-state index contributed by atoms with van der Waals surface area (Å²) in [5.41, 5.74) is 11.7. The van der Waals surface area contributed by atoms with Crippen LogP contribution in [0.5, 0.6) is 0 Å². The van der Waals surface area contributed by atoms with Crippen molar-refractivity contribution >= 4 is 48.6 Å². The number of carbonyl (C=O) groups is 2. The minimum atomic E-state index is -3.67. The highest BCUT2D eigenvalue weighted by atomic mass is 32.2. The standard InChI is InChI=1S/C28H27N3O3.2CH4O3S/c1-17-3-10-24(28(33)34)18(2)25(17)13-19-4-6-20(7-5-19)26(15-29)27(32)31-23-9-8-22-16-30-12-11-21(22)14-23;2*1-5(2,3)4/h3-12,14,16,26H,13,15,29H2,1-2H3,(H,31,32)(H,33,34);2*1H3,(H,2,3,4). The zero-order valence-electron chi connectivity index (χ0n) is 24.6. The molecule has 1 heterocycles. The second kappa shape index (κ2) is 15.5. The van der Waals surface area contributed by atoms with Crippen LogP contribution in [0.2, 0.25) is 0 Å². The van der Waals surface area contributed by atoms with Crippen molar-refractivity contribution in [2.24, 2.45) is 5.73 Å². The van der Waals surface area contributed by atoms with Crippen LogP contribution in [0.3, 0.4) is 0 Å². The Morgan fingerprint density at radius 1 is 0.886 bits per heavy atom. The van der Waals surface area contributed by atoms with E-state index in [0.717, 1.165) is 38.6 Å². The Balaban J connectivity index is 0.000000586. The molecule has 236 valence electrons. The highest BCUT2D eigenvalue weighted by Crippen LogP contribution is 2.25. The first-order chi connectivity index (χ1) is 20.4. The minimum absolute atomic E-state index is 0.162. The fourth-order valence-corrected chi connectivity index (χ4v) is 4.25. The van der Waals surface area contributed by atoms with E-state index in [-0.39, 0.29) is 12.5 Å². The maximum absolute atomic E-state index is 13.0. The summed E-state index contributed by atoms with van der Waals surface area (Å²) in [5.74, 6) is -1.57. The number of carboxylic acid groups (broad SMARTS) is 1. The maximum atomic E-state index is 13.0. The lowest BCUT2D eigenvalue weighted by molar-refractivity contribution is -0.117. The SMILES string of the molecule is CS(=O)(=O)O.CS(=O)(=O)O.Cc1ccc(C(=O)O)c(C)c1Cc1ccc(C(CN)C(=O)Nc2ccc3cnccc3c2)cc1. The van der Waals surface area contributed by atoms with E-state index in [1.165, 1.54) is 0 Å². The van der Waals surface area contributed by atoms with Crippen LogP contribution in [-0.2, 0) is 31.5 Å². The molecule has 1 atom stereocenters. The molecule has 0 saturated heterocycles. The van der Waals surface area contributed by atoms with Crippen LogP contribution in [0.4, 0.5) is 5.69 Å². The first-order valence-corrected chi connectivity index (χ1v) is 16.7. The predicted octanol–water partition coefficient (Wildman–Crippen LogP) is 3.83. The van der Waals surface area contributed by atoms with Gasteiger partial charge in [0.25, 0.3) is 20.2 Å². The molecule has 1 unspecified atom stereocenters. The van der Waals surface area contributed by atoms with Crippen LogP contribution in [-0.4, -0.2) is 67.0 Å². The zero-order chi connectivity index (χ0) is 33.2. The summed E-state index contributed by atoms with van der Waals surface area (Å²) in [7, 11) is -7.33. The second-order valence-electron chi connectivity index (χ2n) is 9.94. The minimum Gasteiger partial charge on any atom is -0.478 e. The van der Waals surface area contributed by atoms with Crippen molar-refractivity contribution in [1.82, 2.24) is 4.98 Å². The number of amides is 1. The lowest BCUT2D eigenvalue weighted by Gasteiger charge is -2.17. The van der Waals surface area contributed by atoms with Gasteiger partial charge in [-0.2, -0.15) is 16.8 Å². The average molecular weight is 646 g/mol. The first kappa shape index (κ1) is 36.0. The molecule has 0 aliphatic heterocycles. The van der Waals surface area contributed by atoms with E-state index in [4.69, 9.17) is 14.8 Å². The van der Waals surface area contributed by atoms with Gasteiger partial charge in [0.05, 0.1) is 24.0 Å². The number of benzene rings is 3. The molecule has 0 fully saturated rings. The number of nitrogens with zero attached hydrogens (tertiary/aromatic N) is 1. The summed E-state index contributed by atoms with van der Waals surface area (Å²) >= 11 is 0. The molecule has 0 saturated carbocycles. The van der Waals surface area contributed by atoms with E-state index >= 15 is 0 Å². The summed E-state index contributed by atoms with van der Waals surface area (Å²) in [4.78, 5) is 28.6. The van der Waals surface area contributed by atoms with Gasteiger partial charge >= 0.3 is 5.97 Å². The number of carboxylic acids is 1. The maximum Gasteiger partial charge on any atom is 0.335 e. The Morgan fingerprint density at radius 3 is 2.02 bits per heavy atom. The van der Waals surface area contributed by atoms with Crippen molar-refractivity contribution in [2.75, 3.05) is 24.4 Å². The Hall–Kier alpha value is -4.21. The smallest absolute Gasteiger partial charge is 0.335 e.